The molecule has 1 atom stereocenters. The SMILES string of the molecule is CCOC(=O)c1c(NC(=O)CCSc2ccc(C)cc2)sc2c1CC[C@@H](C)C2. The number of aryl methyl sites for hydroxylation is 1. The lowest BCUT2D eigenvalue weighted by atomic mass is 9.88. The van der Waals surface area contributed by atoms with Gasteiger partial charge in [0, 0.05) is 21.9 Å². The van der Waals surface area contributed by atoms with Crippen molar-refractivity contribution in [1.82, 2.24) is 0 Å². The van der Waals surface area contributed by atoms with Crippen LogP contribution in [0.2, 0.25) is 0 Å². The Hall–Kier alpha value is -1.79. The van der Waals surface area contributed by atoms with E-state index in [1.807, 2.05) is 0 Å². The van der Waals surface area contributed by atoms with Crippen molar-refractivity contribution < 1.29 is 14.3 Å². The third-order valence-electron chi connectivity index (χ3n) is 4.86. The van der Waals surface area contributed by atoms with Gasteiger partial charge in [0.15, 0.2) is 0 Å². The summed E-state index contributed by atoms with van der Waals surface area (Å²) in [5.41, 5.74) is 2.88. The Kier molecular flexibility index (Phi) is 7.18. The normalized spacial score (nSPS) is 15.8. The van der Waals surface area contributed by atoms with E-state index in [0.717, 1.165) is 29.7 Å². The smallest absolute Gasteiger partial charge is 0.341 e. The molecular weight excluding hydrogens is 390 g/mol. The van der Waals surface area contributed by atoms with Gasteiger partial charge in [-0.1, -0.05) is 24.6 Å². The number of carbonyl (C=O) groups is 2. The highest BCUT2D eigenvalue weighted by atomic mass is 32.2. The zero-order chi connectivity index (χ0) is 20.1. The van der Waals surface area contributed by atoms with E-state index in [4.69, 9.17) is 4.74 Å². The number of anilines is 1. The van der Waals surface area contributed by atoms with Crippen LogP contribution in [0.5, 0.6) is 0 Å². The Morgan fingerprint density at radius 2 is 2.04 bits per heavy atom. The van der Waals surface area contributed by atoms with Gasteiger partial charge in [0.25, 0.3) is 0 Å². The first-order chi connectivity index (χ1) is 13.5. The van der Waals surface area contributed by atoms with Crippen LogP contribution in [0.25, 0.3) is 0 Å². The Balaban J connectivity index is 1.66. The minimum Gasteiger partial charge on any atom is -0.462 e. The van der Waals surface area contributed by atoms with Crippen molar-refractivity contribution in [2.75, 3.05) is 17.7 Å². The molecule has 0 aliphatic heterocycles. The summed E-state index contributed by atoms with van der Waals surface area (Å²) in [7, 11) is 0. The lowest BCUT2D eigenvalue weighted by Gasteiger charge is -2.18. The molecule has 1 aliphatic rings. The fourth-order valence-corrected chi connectivity index (χ4v) is 5.61. The maximum Gasteiger partial charge on any atom is 0.341 e. The average Bonchev–Trinajstić information content (AvgIpc) is 3.00. The topological polar surface area (TPSA) is 55.4 Å². The summed E-state index contributed by atoms with van der Waals surface area (Å²) in [6, 6.07) is 8.30. The largest absolute Gasteiger partial charge is 0.462 e. The molecule has 1 amide bonds. The average molecular weight is 418 g/mol. The van der Waals surface area contributed by atoms with E-state index in [9.17, 15) is 9.59 Å². The van der Waals surface area contributed by atoms with Gasteiger partial charge >= 0.3 is 5.97 Å². The third-order valence-corrected chi connectivity index (χ3v) is 7.05. The molecule has 2 aromatic rings. The van der Waals surface area contributed by atoms with Crippen molar-refractivity contribution in [1.29, 1.82) is 0 Å². The van der Waals surface area contributed by atoms with Gasteiger partial charge in [0.1, 0.15) is 5.00 Å². The van der Waals surface area contributed by atoms with Gasteiger partial charge in [-0.15, -0.1) is 23.1 Å². The van der Waals surface area contributed by atoms with E-state index < -0.39 is 0 Å². The molecule has 0 saturated carbocycles. The van der Waals surface area contributed by atoms with Crippen molar-refractivity contribution in [3.8, 4) is 0 Å². The standard InChI is InChI=1S/C22H27NO3S2/c1-4-26-22(25)20-17-10-7-15(3)13-18(17)28-21(20)23-19(24)11-12-27-16-8-5-14(2)6-9-16/h5-6,8-9,15H,4,7,10-13H2,1-3H3,(H,23,24)/t15-/m1/s1. The minimum atomic E-state index is -0.320. The summed E-state index contributed by atoms with van der Waals surface area (Å²) >= 11 is 3.21. The van der Waals surface area contributed by atoms with E-state index in [1.54, 1.807) is 30.0 Å². The van der Waals surface area contributed by atoms with Crippen molar-refractivity contribution in [3.63, 3.8) is 0 Å². The van der Waals surface area contributed by atoms with Crippen LogP contribution in [0.4, 0.5) is 5.00 Å². The summed E-state index contributed by atoms with van der Waals surface area (Å²) in [5.74, 6) is 0.928. The van der Waals surface area contributed by atoms with Crippen LogP contribution in [0.3, 0.4) is 0 Å². The summed E-state index contributed by atoms with van der Waals surface area (Å²) in [5, 5.41) is 3.64. The molecular formula is C22H27NO3S2. The van der Waals surface area contributed by atoms with Gasteiger partial charge in [-0.25, -0.2) is 4.79 Å². The molecule has 0 saturated heterocycles. The predicted molar refractivity (Wildman–Crippen MR) is 117 cm³/mol. The van der Waals surface area contributed by atoms with Gasteiger partial charge in [-0.3, -0.25) is 4.79 Å². The quantitative estimate of drug-likeness (QED) is 0.479. The van der Waals surface area contributed by atoms with Crippen LogP contribution in [0.15, 0.2) is 29.2 Å². The number of ether oxygens (including phenoxy) is 1. The number of fused-ring (bicyclic) bond motifs is 1. The van der Waals surface area contributed by atoms with Crippen molar-refractivity contribution in [2.45, 2.75) is 51.3 Å². The summed E-state index contributed by atoms with van der Waals surface area (Å²) < 4.78 is 5.26. The third kappa shape index (κ3) is 5.17. The lowest BCUT2D eigenvalue weighted by Crippen LogP contribution is -2.16. The first-order valence-corrected chi connectivity index (χ1v) is 11.6. The highest BCUT2D eigenvalue weighted by molar-refractivity contribution is 7.99. The monoisotopic (exact) mass is 417 g/mol. The second kappa shape index (κ2) is 9.61. The molecule has 1 aromatic carbocycles. The summed E-state index contributed by atoms with van der Waals surface area (Å²) in [6.07, 6.45) is 3.31. The molecule has 0 bridgehead atoms. The number of carbonyl (C=O) groups excluding carboxylic acids is 2. The summed E-state index contributed by atoms with van der Waals surface area (Å²) in [6.45, 7) is 6.43. The number of amides is 1. The highest BCUT2D eigenvalue weighted by Crippen LogP contribution is 2.40. The fourth-order valence-electron chi connectivity index (χ4n) is 3.34. The van der Waals surface area contributed by atoms with Gasteiger partial charge < -0.3 is 10.1 Å². The zero-order valence-electron chi connectivity index (χ0n) is 16.7. The summed E-state index contributed by atoms with van der Waals surface area (Å²) in [4.78, 5) is 27.4. The number of thiophene rings is 1. The van der Waals surface area contributed by atoms with Gasteiger partial charge in [-0.2, -0.15) is 0 Å². The van der Waals surface area contributed by atoms with Crippen LogP contribution in [-0.2, 0) is 22.4 Å². The molecule has 0 radical (unpaired) electrons. The van der Waals surface area contributed by atoms with Crippen LogP contribution >= 0.6 is 23.1 Å². The van der Waals surface area contributed by atoms with Crippen molar-refractivity contribution >= 4 is 40.0 Å². The van der Waals surface area contributed by atoms with E-state index in [2.05, 4.69) is 43.4 Å². The van der Waals surface area contributed by atoms with E-state index in [-0.39, 0.29) is 11.9 Å². The number of hydrogen-bond acceptors (Lipinski definition) is 5. The number of benzene rings is 1. The molecule has 1 N–H and O–H groups in total. The first kappa shape index (κ1) is 20.9. The minimum absolute atomic E-state index is 0.0585. The van der Waals surface area contributed by atoms with Gasteiger partial charge in [0.05, 0.1) is 12.2 Å². The molecule has 1 heterocycles. The molecule has 4 nitrogen and oxygen atoms in total. The van der Waals surface area contributed by atoms with Gasteiger partial charge in [-0.05, 0) is 56.7 Å². The Morgan fingerprint density at radius 1 is 1.29 bits per heavy atom. The molecule has 150 valence electrons. The molecule has 6 heteroatoms. The second-order valence-corrected chi connectivity index (χ2v) is 9.51. The lowest BCUT2D eigenvalue weighted by molar-refractivity contribution is -0.115. The highest BCUT2D eigenvalue weighted by Gasteiger charge is 2.29. The molecule has 0 spiro atoms. The Morgan fingerprint density at radius 3 is 2.75 bits per heavy atom. The van der Waals surface area contributed by atoms with E-state index in [0.29, 0.717) is 35.3 Å². The molecule has 0 unspecified atom stereocenters. The van der Waals surface area contributed by atoms with Gasteiger partial charge in [0.2, 0.25) is 5.91 Å². The van der Waals surface area contributed by atoms with Crippen molar-refractivity contribution in [2.24, 2.45) is 5.92 Å². The van der Waals surface area contributed by atoms with Crippen LogP contribution in [0, 0.1) is 12.8 Å². The molecule has 0 fully saturated rings. The number of hydrogen-bond donors (Lipinski definition) is 1. The number of thioether (sulfide) groups is 1. The number of esters is 1. The molecule has 1 aromatic heterocycles. The maximum atomic E-state index is 12.5. The molecule has 28 heavy (non-hydrogen) atoms. The molecule has 3 rings (SSSR count). The van der Waals surface area contributed by atoms with E-state index >= 15 is 0 Å². The van der Waals surface area contributed by atoms with Crippen molar-refractivity contribution in [3.05, 3.63) is 45.8 Å². The fraction of sp³-hybridized carbons (Fsp3) is 0.455. The maximum absolute atomic E-state index is 12.5. The van der Waals surface area contributed by atoms with Crippen LogP contribution in [-0.4, -0.2) is 24.2 Å². The first-order valence-electron chi connectivity index (χ1n) is 9.79. The van der Waals surface area contributed by atoms with E-state index in [1.165, 1.54) is 10.4 Å². The number of nitrogens with one attached hydrogen (secondary N) is 1. The Bertz CT molecular complexity index is 842. The second-order valence-electron chi connectivity index (χ2n) is 7.24. The zero-order valence-corrected chi connectivity index (χ0v) is 18.3. The predicted octanol–water partition coefficient (Wildman–Crippen LogP) is 5.48. The van der Waals surface area contributed by atoms with Crippen LogP contribution < -0.4 is 5.32 Å². The van der Waals surface area contributed by atoms with Crippen LogP contribution in [0.1, 0.15) is 53.1 Å². The number of rotatable bonds is 7. The Labute approximate surface area is 175 Å². The molecule has 1 aliphatic carbocycles.